The molecule has 1 aromatic carbocycles. The van der Waals surface area contributed by atoms with Crippen LogP contribution in [0.2, 0.25) is 0 Å². The van der Waals surface area contributed by atoms with Crippen molar-refractivity contribution in [3.8, 4) is 5.75 Å². The van der Waals surface area contributed by atoms with Crippen molar-refractivity contribution in [3.63, 3.8) is 0 Å². The van der Waals surface area contributed by atoms with Crippen LogP contribution in [-0.4, -0.2) is 17.7 Å². The fourth-order valence-corrected chi connectivity index (χ4v) is 2.00. The molecule has 0 radical (unpaired) electrons. The highest BCUT2D eigenvalue weighted by Gasteiger charge is 2.16. The SMILES string of the molecule is CCCC(CC(=O)OCC(C)C)c1ccc(O)cc1. The zero-order valence-electron chi connectivity index (χ0n) is 12.1. The van der Waals surface area contributed by atoms with Crippen LogP contribution in [0.3, 0.4) is 0 Å². The Morgan fingerprint density at radius 3 is 2.42 bits per heavy atom. The average Bonchev–Trinajstić information content (AvgIpc) is 2.37. The van der Waals surface area contributed by atoms with Crippen LogP contribution in [0.25, 0.3) is 0 Å². The lowest BCUT2D eigenvalue weighted by Crippen LogP contribution is -2.13. The van der Waals surface area contributed by atoms with Gasteiger partial charge in [0.15, 0.2) is 0 Å². The van der Waals surface area contributed by atoms with E-state index in [-0.39, 0.29) is 17.6 Å². The van der Waals surface area contributed by atoms with Gasteiger partial charge in [-0.3, -0.25) is 4.79 Å². The number of carbonyl (C=O) groups is 1. The molecule has 1 N–H and O–H groups in total. The summed E-state index contributed by atoms with van der Waals surface area (Å²) in [5, 5.41) is 9.30. The van der Waals surface area contributed by atoms with Crippen molar-refractivity contribution in [2.45, 2.75) is 46.0 Å². The van der Waals surface area contributed by atoms with Gasteiger partial charge in [0.05, 0.1) is 13.0 Å². The zero-order chi connectivity index (χ0) is 14.3. The molecular formula is C16H24O3. The number of ether oxygens (including phenoxy) is 1. The molecule has 19 heavy (non-hydrogen) atoms. The van der Waals surface area contributed by atoms with Crippen molar-refractivity contribution in [1.82, 2.24) is 0 Å². The average molecular weight is 264 g/mol. The van der Waals surface area contributed by atoms with E-state index in [4.69, 9.17) is 4.74 Å². The van der Waals surface area contributed by atoms with Crippen molar-refractivity contribution in [3.05, 3.63) is 29.8 Å². The van der Waals surface area contributed by atoms with E-state index in [1.807, 2.05) is 26.0 Å². The maximum atomic E-state index is 11.8. The van der Waals surface area contributed by atoms with Gasteiger partial charge in [0.1, 0.15) is 5.75 Å². The molecule has 0 saturated carbocycles. The predicted molar refractivity (Wildman–Crippen MR) is 76.2 cm³/mol. The molecule has 3 nitrogen and oxygen atoms in total. The van der Waals surface area contributed by atoms with E-state index in [0.717, 1.165) is 18.4 Å². The molecule has 0 heterocycles. The van der Waals surface area contributed by atoms with Crippen molar-refractivity contribution in [2.75, 3.05) is 6.61 Å². The minimum Gasteiger partial charge on any atom is -0.508 e. The number of rotatable bonds is 7. The first-order valence-corrected chi connectivity index (χ1v) is 6.97. The quantitative estimate of drug-likeness (QED) is 0.760. The largest absolute Gasteiger partial charge is 0.508 e. The van der Waals surface area contributed by atoms with Gasteiger partial charge in [-0.2, -0.15) is 0 Å². The number of carbonyl (C=O) groups excluding carboxylic acids is 1. The molecule has 0 bridgehead atoms. The van der Waals surface area contributed by atoms with Crippen LogP contribution < -0.4 is 0 Å². The van der Waals surface area contributed by atoms with E-state index < -0.39 is 0 Å². The predicted octanol–water partition coefficient (Wildman–Crippen LogP) is 3.87. The number of hydrogen-bond acceptors (Lipinski definition) is 3. The first kappa shape index (κ1) is 15.5. The summed E-state index contributed by atoms with van der Waals surface area (Å²) < 4.78 is 5.24. The number of hydrogen-bond donors (Lipinski definition) is 1. The molecule has 0 fully saturated rings. The van der Waals surface area contributed by atoms with Crippen LogP contribution in [0.1, 0.15) is 51.5 Å². The highest BCUT2D eigenvalue weighted by Crippen LogP contribution is 2.26. The first-order chi connectivity index (χ1) is 9.02. The first-order valence-electron chi connectivity index (χ1n) is 6.97. The lowest BCUT2D eigenvalue weighted by molar-refractivity contribution is -0.145. The molecule has 106 valence electrons. The summed E-state index contributed by atoms with van der Waals surface area (Å²) in [4.78, 5) is 11.8. The topological polar surface area (TPSA) is 46.5 Å². The molecule has 0 saturated heterocycles. The van der Waals surface area contributed by atoms with E-state index in [1.165, 1.54) is 0 Å². The van der Waals surface area contributed by atoms with E-state index in [1.54, 1.807) is 12.1 Å². The molecule has 0 aliphatic carbocycles. The summed E-state index contributed by atoms with van der Waals surface area (Å²) in [6.45, 7) is 6.63. The standard InChI is InChI=1S/C16H24O3/c1-4-5-14(10-16(18)19-11-12(2)3)13-6-8-15(17)9-7-13/h6-9,12,14,17H,4-5,10-11H2,1-3H3. The summed E-state index contributed by atoms with van der Waals surface area (Å²) in [6, 6.07) is 7.09. The van der Waals surface area contributed by atoms with Crippen molar-refractivity contribution in [1.29, 1.82) is 0 Å². The molecule has 0 aliphatic rings. The molecular weight excluding hydrogens is 240 g/mol. The van der Waals surface area contributed by atoms with Gasteiger partial charge in [-0.05, 0) is 36.0 Å². The molecule has 1 aromatic rings. The number of aromatic hydroxyl groups is 1. The van der Waals surface area contributed by atoms with E-state index in [0.29, 0.717) is 18.9 Å². The van der Waals surface area contributed by atoms with Gasteiger partial charge in [0.25, 0.3) is 0 Å². The Morgan fingerprint density at radius 2 is 1.89 bits per heavy atom. The van der Waals surface area contributed by atoms with E-state index in [9.17, 15) is 9.90 Å². The normalized spacial score (nSPS) is 12.4. The van der Waals surface area contributed by atoms with E-state index in [2.05, 4.69) is 6.92 Å². The van der Waals surface area contributed by atoms with Gasteiger partial charge in [0.2, 0.25) is 0 Å². The minimum atomic E-state index is -0.139. The van der Waals surface area contributed by atoms with Crippen LogP contribution in [0, 0.1) is 5.92 Å². The molecule has 1 atom stereocenters. The van der Waals surface area contributed by atoms with Gasteiger partial charge in [-0.15, -0.1) is 0 Å². The monoisotopic (exact) mass is 264 g/mol. The Morgan fingerprint density at radius 1 is 1.26 bits per heavy atom. The van der Waals surface area contributed by atoms with Crippen molar-refractivity contribution in [2.24, 2.45) is 5.92 Å². The minimum absolute atomic E-state index is 0.139. The van der Waals surface area contributed by atoms with E-state index >= 15 is 0 Å². The molecule has 3 heteroatoms. The van der Waals surface area contributed by atoms with Gasteiger partial charge in [-0.25, -0.2) is 0 Å². The molecule has 0 amide bonds. The summed E-state index contributed by atoms with van der Waals surface area (Å²) in [5.74, 6) is 0.647. The van der Waals surface area contributed by atoms with Gasteiger partial charge >= 0.3 is 5.97 Å². The second-order valence-electron chi connectivity index (χ2n) is 5.36. The van der Waals surface area contributed by atoms with Crippen LogP contribution in [0.4, 0.5) is 0 Å². The Hall–Kier alpha value is -1.51. The van der Waals surface area contributed by atoms with Crippen molar-refractivity contribution < 1.29 is 14.6 Å². The third kappa shape index (κ3) is 5.77. The number of phenols is 1. The van der Waals surface area contributed by atoms with Crippen LogP contribution >= 0.6 is 0 Å². The Bertz CT molecular complexity index is 381. The zero-order valence-corrected chi connectivity index (χ0v) is 12.1. The second-order valence-corrected chi connectivity index (χ2v) is 5.36. The summed E-state index contributed by atoms with van der Waals surface area (Å²) in [7, 11) is 0. The molecule has 0 spiro atoms. The number of phenolic OH excluding ortho intramolecular Hbond substituents is 1. The van der Waals surface area contributed by atoms with Gasteiger partial charge in [0, 0.05) is 0 Å². The highest BCUT2D eigenvalue weighted by molar-refractivity contribution is 5.70. The maximum absolute atomic E-state index is 11.8. The third-order valence-electron chi connectivity index (χ3n) is 2.99. The molecule has 1 rings (SSSR count). The highest BCUT2D eigenvalue weighted by atomic mass is 16.5. The summed E-state index contributed by atoms with van der Waals surface area (Å²) in [5.41, 5.74) is 1.08. The second kappa shape index (κ2) is 7.82. The third-order valence-corrected chi connectivity index (χ3v) is 2.99. The number of benzene rings is 1. The summed E-state index contributed by atoms with van der Waals surface area (Å²) in [6.07, 6.45) is 2.37. The Kier molecular flexibility index (Phi) is 6.40. The molecule has 0 aromatic heterocycles. The summed E-state index contributed by atoms with van der Waals surface area (Å²) >= 11 is 0. The van der Waals surface area contributed by atoms with Gasteiger partial charge in [-0.1, -0.05) is 39.3 Å². The Balaban J connectivity index is 2.62. The van der Waals surface area contributed by atoms with Gasteiger partial charge < -0.3 is 9.84 Å². The van der Waals surface area contributed by atoms with Crippen LogP contribution in [0.5, 0.6) is 5.75 Å². The Labute approximate surface area is 115 Å². The lowest BCUT2D eigenvalue weighted by Gasteiger charge is -2.16. The lowest BCUT2D eigenvalue weighted by atomic mass is 9.91. The van der Waals surface area contributed by atoms with Crippen LogP contribution in [-0.2, 0) is 9.53 Å². The van der Waals surface area contributed by atoms with Crippen LogP contribution in [0.15, 0.2) is 24.3 Å². The molecule has 1 unspecified atom stereocenters. The fraction of sp³-hybridized carbons (Fsp3) is 0.562. The smallest absolute Gasteiger partial charge is 0.306 e. The fourth-order valence-electron chi connectivity index (χ4n) is 2.00. The molecule has 0 aliphatic heterocycles. The van der Waals surface area contributed by atoms with Crippen molar-refractivity contribution >= 4 is 5.97 Å². The number of esters is 1. The maximum Gasteiger partial charge on any atom is 0.306 e.